The van der Waals surface area contributed by atoms with Crippen LogP contribution < -0.4 is 5.32 Å². The number of rotatable bonds is 6. The fourth-order valence-corrected chi connectivity index (χ4v) is 3.65. The van der Waals surface area contributed by atoms with E-state index in [4.69, 9.17) is 0 Å². The second-order valence-electron chi connectivity index (χ2n) is 5.18. The normalized spacial score (nSPS) is 31.9. The Morgan fingerprint density at radius 1 is 1.12 bits per heavy atom. The number of amides is 1. The average Bonchev–Trinajstić information content (AvgIpc) is 3.02. The van der Waals surface area contributed by atoms with Crippen molar-refractivity contribution in [3.05, 3.63) is 0 Å². The molecule has 2 nitrogen and oxygen atoms in total. The topological polar surface area (TPSA) is 29.1 Å². The summed E-state index contributed by atoms with van der Waals surface area (Å²) in [6.45, 7) is 0.894. The van der Waals surface area contributed by atoms with Crippen molar-refractivity contribution in [2.75, 3.05) is 11.0 Å². The van der Waals surface area contributed by atoms with Gasteiger partial charge in [-0.15, -0.1) is 0 Å². The summed E-state index contributed by atoms with van der Waals surface area (Å²) in [6.07, 6.45) is 8.99. The quantitative estimate of drug-likeness (QED) is 0.451. The van der Waals surface area contributed by atoms with E-state index in [1.165, 1.54) is 43.0 Å². The number of carbonyl (C=O) groups excluding carboxylic acids is 1. The van der Waals surface area contributed by atoms with Crippen LogP contribution in [0.2, 0.25) is 0 Å². The molecule has 2 unspecified atom stereocenters. The van der Waals surface area contributed by atoms with Crippen LogP contribution in [0.5, 0.6) is 0 Å². The molecule has 0 bridgehead atoms. The zero-order chi connectivity index (χ0) is 11.4. The summed E-state index contributed by atoms with van der Waals surface area (Å²) in [7, 11) is 0. The maximum absolute atomic E-state index is 11.9. The van der Waals surface area contributed by atoms with Crippen molar-refractivity contribution >= 4 is 28.5 Å². The Labute approximate surface area is 112 Å². The van der Waals surface area contributed by atoms with Crippen molar-refractivity contribution < 1.29 is 4.79 Å². The molecule has 0 radical (unpaired) electrons. The van der Waals surface area contributed by atoms with Crippen molar-refractivity contribution in [2.24, 2.45) is 17.8 Å². The molecule has 0 spiro atoms. The third-order valence-electron chi connectivity index (χ3n) is 4.07. The number of hydrogen-bond donors (Lipinski definition) is 1. The smallest absolute Gasteiger partial charge is 0.223 e. The van der Waals surface area contributed by atoms with Gasteiger partial charge in [0.15, 0.2) is 0 Å². The van der Waals surface area contributed by atoms with E-state index in [2.05, 4.69) is 27.9 Å². The van der Waals surface area contributed by atoms with E-state index >= 15 is 0 Å². The highest BCUT2D eigenvalue weighted by atomic mass is 127. The summed E-state index contributed by atoms with van der Waals surface area (Å²) < 4.78 is 1.23. The lowest BCUT2D eigenvalue weighted by molar-refractivity contribution is -0.122. The molecule has 0 aromatic rings. The van der Waals surface area contributed by atoms with Crippen molar-refractivity contribution in [2.45, 2.75) is 44.9 Å². The predicted molar refractivity (Wildman–Crippen MR) is 74.7 cm³/mol. The van der Waals surface area contributed by atoms with E-state index in [1.807, 2.05) is 0 Å². The van der Waals surface area contributed by atoms with Crippen molar-refractivity contribution in [3.8, 4) is 0 Å². The van der Waals surface area contributed by atoms with Crippen LogP contribution in [0.3, 0.4) is 0 Å². The number of halogens is 1. The van der Waals surface area contributed by atoms with Crippen LogP contribution in [0.25, 0.3) is 0 Å². The maximum atomic E-state index is 11.9. The molecule has 0 heterocycles. The Kier molecular flexibility index (Phi) is 4.92. The summed E-state index contributed by atoms with van der Waals surface area (Å²) in [5.41, 5.74) is 0. The van der Waals surface area contributed by atoms with Crippen molar-refractivity contribution in [3.63, 3.8) is 0 Å². The van der Waals surface area contributed by atoms with Crippen LogP contribution in [0, 0.1) is 17.8 Å². The summed E-state index contributed by atoms with van der Waals surface area (Å²) in [5.74, 6) is 2.25. The minimum absolute atomic E-state index is 0.353. The molecule has 1 N–H and O–H groups in total. The van der Waals surface area contributed by atoms with Gasteiger partial charge in [-0.1, -0.05) is 41.9 Å². The van der Waals surface area contributed by atoms with Crippen LogP contribution in [0.1, 0.15) is 44.9 Å². The van der Waals surface area contributed by atoms with Crippen LogP contribution >= 0.6 is 22.6 Å². The van der Waals surface area contributed by atoms with Crippen LogP contribution in [0.15, 0.2) is 0 Å². The lowest BCUT2D eigenvalue weighted by atomic mass is 10.0. The molecule has 2 saturated carbocycles. The summed E-state index contributed by atoms with van der Waals surface area (Å²) >= 11 is 2.41. The third kappa shape index (κ3) is 3.11. The van der Waals surface area contributed by atoms with E-state index in [0.29, 0.717) is 11.8 Å². The van der Waals surface area contributed by atoms with Crippen molar-refractivity contribution in [1.82, 2.24) is 5.32 Å². The highest BCUT2D eigenvalue weighted by molar-refractivity contribution is 14.1. The molecule has 2 atom stereocenters. The third-order valence-corrected chi connectivity index (χ3v) is 4.83. The molecule has 2 rings (SSSR count). The number of nitrogens with one attached hydrogen (secondary N) is 1. The lowest BCUT2D eigenvalue weighted by Gasteiger charge is -2.04. The maximum Gasteiger partial charge on any atom is 0.223 e. The molecule has 0 saturated heterocycles. The van der Waals surface area contributed by atoms with Gasteiger partial charge < -0.3 is 5.32 Å². The first-order valence-corrected chi connectivity index (χ1v) is 8.21. The Morgan fingerprint density at radius 3 is 2.44 bits per heavy atom. The first kappa shape index (κ1) is 12.7. The molecular formula is C13H22INO. The summed E-state index contributed by atoms with van der Waals surface area (Å²) in [4.78, 5) is 11.9. The second kappa shape index (κ2) is 6.22. The van der Waals surface area contributed by atoms with Gasteiger partial charge in [0.2, 0.25) is 5.91 Å². The van der Waals surface area contributed by atoms with Gasteiger partial charge in [-0.2, -0.15) is 0 Å². The Balaban J connectivity index is 1.58. The molecule has 0 aromatic carbocycles. The Hall–Kier alpha value is 0.200. The molecule has 2 aliphatic carbocycles. The molecule has 2 fully saturated rings. The molecule has 92 valence electrons. The van der Waals surface area contributed by atoms with Gasteiger partial charge in [0.1, 0.15) is 0 Å². The minimum atomic E-state index is 0.353. The SMILES string of the molecule is O=C(NCCCCCI)C1C2CCCCC21. The highest BCUT2D eigenvalue weighted by Gasteiger charge is 2.54. The molecule has 0 aliphatic heterocycles. The Bertz CT molecular complexity index is 232. The number of unbranched alkanes of at least 4 members (excludes halogenated alkanes) is 2. The number of hydrogen-bond acceptors (Lipinski definition) is 1. The molecule has 3 heteroatoms. The zero-order valence-electron chi connectivity index (χ0n) is 9.88. The molecule has 0 aromatic heterocycles. The summed E-state index contributed by atoms with van der Waals surface area (Å²) in [5, 5.41) is 3.12. The first-order valence-electron chi connectivity index (χ1n) is 6.68. The molecule has 2 aliphatic rings. The van der Waals surface area contributed by atoms with Gasteiger partial charge in [0.25, 0.3) is 0 Å². The fraction of sp³-hybridized carbons (Fsp3) is 0.923. The second-order valence-corrected chi connectivity index (χ2v) is 6.26. The molecule has 16 heavy (non-hydrogen) atoms. The first-order chi connectivity index (χ1) is 7.84. The van der Waals surface area contributed by atoms with Crippen molar-refractivity contribution in [1.29, 1.82) is 0 Å². The molecular weight excluding hydrogens is 313 g/mol. The zero-order valence-corrected chi connectivity index (χ0v) is 12.0. The van der Waals surface area contributed by atoms with Gasteiger partial charge in [0, 0.05) is 12.5 Å². The lowest BCUT2D eigenvalue weighted by Crippen LogP contribution is -2.27. The van der Waals surface area contributed by atoms with Gasteiger partial charge in [-0.3, -0.25) is 4.79 Å². The van der Waals surface area contributed by atoms with Crippen LogP contribution in [-0.2, 0) is 4.79 Å². The largest absolute Gasteiger partial charge is 0.356 e. The summed E-state index contributed by atoms with van der Waals surface area (Å²) in [6, 6.07) is 0. The standard InChI is InChI=1S/C13H22INO/c14-8-4-1-5-9-15-13(16)12-10-6-2-3-7-11(10)12/h10-12H,1-9H2,(H,15,16). The minimum Gasteiger partial charge on any atom is -0.356 e. The predicted octanol–water partition coefficient (Wildman–Crippen LogP) is 3.14. The number of alkyl halides is 1. The van der Waals surface area contributed by atoms with Crippen LogP contribution in [-0.4, -0.2) is 16.9 Å². The number of carbonyl (C=O) groups is 1. The van der Waals surface area contributed by atoms with Gasteiger partial charge in [-0.25, -0.2) is 0 Å². The fourth-order valence-electron chi connectivity index (χ4n) is 3.11. The van der Waals surface area contributed by atoms with Gasteiger partial charge in [0.05, 0.1) is 0 Å². The number of fused-ring (bicyclic) bond motifs is 1. The van der Waals surface area contributed by atoms with Crippen LogP contribution in [0.4, 0.5) is 0 Å². The Morgan fingerprint density at radius 2 is 1.81 bits per heavy atom. The van der Waals surface area contributed by atoms with E-state index in [-0.39, 0.29) is 0 Å². The molecule has 1 amide bonds. The average molecular weight is 335 g/mol. The van der Waals surface area contributed by atoms with E-state index in [1.54, 1.807) is 0 Å². The van der Waals surface area contributed by atoms with E-state index < -0.39 is 0 Å². The van der Waals surface area contributed by atoms with E-state index in [0.717, 1.165) is 24.8 Å². The van der Waals surface area contributed by atoms with E-state index in [9.17, 15) is 4.79 Å². The van der Waals surface area contributed by atoms with Gasteiger partial charge in [-0.05, 0) is 41.9 Å². The van der Waals surface area contributed by atoms with Gasteiger partial charge >= 0.3 is 0 Å². The monoisotopic (exact) mass is 335 g/mol. The highest BCUT2D eigenvalue weighted by Crippen LogP contribution is 2.55.